The first kappa shape index (κ1) is 19.0. The van der Waals surface area contributed by atoms with Crippen LogP contribution in [0.15, 0.2) is 54.6 Å². The molecule has 0 fully saturated rings. The molecule has 132 valence electrons. The predicted octanol–water partition coefficient (Wildman–Crippen LogP) is 3.90. The molecule has 0 saturated heterocycles. The molecule has 25 heavy (non-hydrogen) atoms. The summed E-state index contributed by atoms with van der Waals surface area (Å²) in [5.74, 6) is -0.0483. The zero-order valence-corrected chi connectivity index (χ0v) is 15.1. The second-order valence-corrected chi connectivity index (χ2v) is 6.13. The molecule has 2 aromatic carbocycles. The van der Waals surface area contributed by atoms with Gasteiger partial charge in [0.2, 0.25) is 5.91 Å². The van der Waals surface area contributed by atoms with Crippen LogP contribution in [0.4, 0.5) is 0 Å². The van der Waals surface area contributed by atoms with Gasteiger partial charge in [0.15, 0.2) is 0 Å². The van der Waals surface area contributed by atoms with E-state index >= 15 is 0 Å². The van der Waals surface area contributed by atoms with Gasteiger partial charge < -0.3 is 10.2 Å². The van der Waals surface area contributed by atoms with Gasteiger partial charge in [0.05, 0.1) is 0 Å². The van der Waals surface area contributed by atoms with Gasteiger partial charge in [0.25, 0.3) is 5.91 Å². The van der Waals surface area contributed by atoms with E-state index in [1.54, 1.807) is 17.0 Å². The fourth-order valence-corrected chi connectivity index (χ4v) is 2.70. The molecule has 0 aromatic heterocycles. The smallest absolute Gasteiger partial charge is 0.251 e. The van der Waals surface area contributed by atoms with Gasteiger partial charge in [0, 0.05) is 36.6 Å². The first-order valence-corrected chi connectivity index (χ1v) is 8.84. The van der Waals surface area contributed by atoms with Gasteiger partial charge in [-0.25, -0.2) is 0 Å². The van der Waals surface area contributed by atoms with E-state index < -0.39 is 0 Å². The predicted molar refractivity (Wildman–Crippen MR) is 101 cm³/mol. The fourth-order valence-electron chi connectivity index (χ4n) is 2.50. The topological polar surface area (TPSA) is 49.4 Å². The van der Waals surface area contributed by atoms with Crippen molar-refractivity contribution in [3.05, 3.63) is 70.7 Å². The summed E-state index contributed by atoms with van der Waals surface area (Å²) >= 11 is 6.16. The molecule has 0 spiro atoms. The first-order valence-electron chi connectivity index (χ1n) is 8.46. The molecule has 0 aliphatic heterocycles. The Balaban J connectivity index is 1.76. The van der Waals surface area contributed by atoms with Crippen LogP contribution in [0.2, 0.25) is 5.02 Å². The minimum absolute atomic E-state index is 0.0661. The number of halogens is 1. The SMILES string of the molecule is CCN(Cc1ccccc1Cl)C(=O)CCCNC(=O)c1ccccc1. The molecule has 0 aliphatic rings. The minimum Gasteiger partial charge on any atom is -0.352 e. The number of carbonyl (C=O) groups excluding carboxylic acids is 2. The molecular weight excluding hydrogens is 336 g/mol. The second-order valence-electron chi connectivity index (χ2n) is 5.72. The van der Waals surface area contributed by atoms with Gasteiger partial charge in [-0.1, -0.05) is 48.0 Å². The molecule has 0 aliphatic carbocycles. The third-order valence-electron chi connectivity index (χ3n) is 3.94. The lowest BCUT2D eigenvalue weighted by atomic mass is 10.2. The van der Waals surface area contributed by atoms with Gasteiger partial charge in [-0.15, -0.1) is 0 Å². The second kappa shape index (κ2) is 9.84. The average Bonchev–Trinajstić information content (AvgIpc) is 2.65. The molecule has 0 atom stereocenters. The zero-order chi connectivity index (χ0) is 18.1. The van der Waals surface area contributed by atoms with Crippen molar-refractivity contribution in [3.63, 3.8) is 0 Å². The summed E-state index contributed by atoms with van der Waals surface area (Å²) in [4.78, 5) is 26.1. The fraction of sp³-hybridized carbons (Fsp3) is 0.300. The Kier molecular flexibility index (Phi) is 7.48. The molecule has 0 heterocycles. The Morgan fingerprint density at radius 1 is 1.04 bits per heavy atom. The molecule has 0 bridgehead atoms. The van der Waals surface area contributed by atoms with E-state index in [-0.39, 0.29) is 11.8 Å². The van der Waals surface area contributed by atoms with E-state index in [0.717, 1.165) is 5.56 Å². The van der Waals surface area contributed by atoms with Gasteiger partial charge in [-0.3, -0.25) is 9.59 Å². The highest BCUT2D eigenvalue weighted by Crippen LogP contribution is 2.17. The molecule has 5 heteroatoms. The number of hydrogen-bond acceptors (Lipinski definition) is 2. The van der Waals surface area contributed by atoms with E-state index in [9.17, 15) is 9.59 Å². The number of nitrogens with zero attached hydrogens (tertiary/aromatic N) is 1. The van der Waals surface area contributed by atoms with E-state index in [1.807, 2.05) is 49.4 Å². The summed E-state index contributed by atoms with van der Waals surface area (Å²) in [5.41, 5.74) is 1.57. The van der Waals surface area contributed by atoms with E-state index in [2.05, 4.69) is 5.32 Å². The highest BCUT2D eigenvalue weighted by molar-refractivity contribution is 6.31. The lowest BCUT2D eigenvalue weighted by molar-refractivity contribution is -0.131. The molecule has 2 rings (SSSR count). The van der Waals surface area contributed by atoms with E-state index in [0.29, 0.717) is 43.1 Å². The molecule has 0 radical (unpaired) electrons. The Morgan fingerprint density at radius 2 is 1.72 bits per heavy atom. The summed E-state index contributed by atoms with van der Waals surface area (Å²) in [6.45, 7) is 3.56. The molecule has 0 unspecified atom stereocenters. The standard InChI is InChI=1S/C20H23ClN2O2/c1-2-23(15-17-11-6-7-12-18(17)21)19(24)13-8-14-22-20(25)16-9-4-3-5-10-16/h3-7,9-12H,2,8,13-15H2,1H3,(H,22,25). The summed E-state index contributed by atoms with van der Waals surface area (Å²) in [5, 5.41) is 3.51. The number of carbonyl (C=O) groups is 2. The Morgan fingerprint density at radius 3 is 2.40 bits per heavy atom. The van der Waals surface area contributed by atoms with Crippen LogP contribution in [0.5, 0.6) is 0 Å². The lowest BCUT2D eigenvalue weighted by Gasteiger charge is -2.21. The molecule has 2 amide bonds. The van der Waals surface area contributed by atoms with Crippen LogP contribution in [0.3, 0.4) is 0 Å². The Labute approximate surface area is 153 Å². The maximum Gasteiger partial charge on any atom is 0.251 e. The van der Waals surface area contributed by atoms with Crippen molar-refractivity contribution < 1.29 is 9.59 Å². The minimum atomic E-state index is -0.114. The van der Waals surface area contributed by atoms with Crippen LogP contribution in [0.25, 0.3) is 0 Å². The summed E-state index contributed by atoms with van der Waals surface area (Å²) in [7, 11) is 0. The Hall–Kier alpha value is -2.33. The first-order chi connectivity index (χ1) is 12.1. The molecule has 1 N–H and O–H groups in total. The van der Waals surface area contributed by atoms with Crippen LogP contribution < -0.4 is 5.32 Å². The summed E-state index contributed by atoms with van der Waals surface area (Å²) < 4.78 is 0. The Bertz CT molecular complexity index is 704. The number of amides is 2. The van der Waals surface area contributed by atoms with Crippen LogP contribution in [-0.2, 0) is 11.3 Å². The van der Waals surface area contributed by atoms with Gasteiger partial charge >= 0.3 is 0 Å². The molecule has 4 nitrogen and oxygen atoms in total. The van der Waals surface area contributed by atoms with Crippen LogP contribution in [0, 0.1) is 0 Å². The monoisotopic (exact) mass is 358 g/mol. The van der Waals surface area contributed by atoms with Crippen molar-refractivity contribution >= 4 is 23.4 Å². The third-order valence-corrected chi connectivity index (χ3v) is 4.31. The van der Waals surface area contributed by atoms with Crippen molar-refractivity contribution in [2.75, 3.05) is 13.1 Å². The van der Waals surface area contributed by atoms with Crippen LogP contribution in [-0.4, -0.2) is 29.8 Å². The van der Waals surface area contributed by atoms with Crippen molar-refractivity contribution in [3.8, 4) is 0 Å². The number of benzene rings is 2. The summed E-state index contributed by atoms with van der Waals surface area (Å²) in [6, 6.07) is 16.6. The van der Waals surface area contributed by atoms with Crippen molar-refractivity contribution in [2.45, 2.75) is 26.3 Å². The van der Waals surface area contributed by atoms with Crippen LogP contribution in [0.1, 0.15) is 35.7 Å². The largest absolute Gasteiger partial charge is 0.352 e. The summed E-state index contributed by atoms with van der Waals surface area (Å²) in [6.07, 6.45) is 1.00. The normalized spacial score (nSPS) is 10.3. The highest BCUT2D eigenvalue weighted by atomic mass is 35.5. The molecular formula is C20H23ClN2O2. The van der Waals surface area contributed by atoms with Crippen molar-refractivity contribution in [2.24, 2.45) is 0 Å². The number of rotatable bonds is 8. The van der Waals surface area contributed by atoms with E-state index in [1.165, 1.54) is 0 Å². The highest BCUT2D eigenvalue weighted by Gasteiger charge is 2.13. The van der Waals surface area contributed by atoms with E-state index in [4.69, 9.17) is 11.6 Å². The zero-order valence-electron chi connectivity index (χ0n) is 14.4. The van der Waals surface area contributed by atoms with Crippen molar-refractivity contribution in [1.82, 2.24) is 10.2 Å². The maximum absolute atomic E-state index is 12.4. The quantitative estimate of drug-likeness (QED) is 0.727. The lowest BCUT2D eigenvalue weighted by Crippen LogP contribution is -2.31. The third kappa shape index (κ3) is 5.91. The van der Waals surface area contributed by atoms with Gasteiger partial charge in [-0.05, 0) is 37.1 Å². The molecule has 2 aromatic rings. The van der Waals surface area contributed by atoms with Crippen LogP contribution >= 0.6 is 11.6 Å². The molecule has 0 saturated carbocycles. The maximum atomic E-state index is 12.4. The van der Waals surface area contributed by atoms with Gasteiger partial charge in [0.1, 0.15) is 0 Å². The average molecular weight is 359 g/mol. The number of nitrogens with one attached hydrogen (secondary N) is 1. The van der Waals surface area contributed by atoms with Gasteiger partial charge in [-0.2, -0.15) is 0 Å². The number of hydrogen-bond donors (Lipinski definition) is 1. The van der Waals surface area contributed by atoms with Crippen molar-refractivity contribution in [1.29, 1.82) is 0 Å².